The molecule has 0 spiro atoms. The van der Waals surface area contributed by atoms with Gasteiger partial charge in [-0.2, -0.15) is 0 Å². The molecule has 2 N–H and O–H groups in total. The summed E-state index contributed by atoms with van der Waals surface area (Å²) in [7, 11) is 0. The molecule has 3 aromatic carbocycles. The highest BCUT2D eigenvalue weighted by Crippen LogP contribution is 2.27. The number of hydrogen-bond acceptors (Lipinski definition) is 3. The number of fused-ring (bicyclic) bond motifs is 1. The molecule has 0 aliphatic carbocycles. The van der Waals surface area contributed by atoms with E-state index in [1.54, 1.807) is 24.3 Å². The fraction of sp³-hybridized carbons (Fsp3) is 0.0476. The highest BCUT2D eigenvalue weighted by atomic mass is 79.9. The molecule has 0 saturated carbocycles. The average molecular weight is 460 g/mol. The lowest BCUT2D eigenvalue weighted by atomic mass is 10.0. The van der Waals surface area contributed by atoms with Gasteiger partial charge in [0.1, 0.15) is 5.75 Å². The summed E-state index contributed by atoms with van der Waals surface area (Å²) in [5, 5.41) is 2.50. The van der Waals surface area contributed by atoms with Gasteiger partial charge in [0.15, 0.2) is 6.61 Å². The van der Waals surface area contributed by atoms with Gasteiger partial charge in [-0.05, 0) is 40.6 Å². The van der Waals surface area contributed by atoms with Gasteiger partial charge < -0.3 is 4.74 Å². The molecule has 0 radical (unpaired) electrons. The van der Waals surface area contributed by atoms with Gasteiger partial charge in [0.25, 0.3) is 11.8 Å². The highest BCUT2D eigenvalue weighted by Gasteiger charge is 2.07. The summed E-state index contributed by atoms with van der Waals surface area (Å²) in [5.41, 5.74) is 5.51. The van der Waals surface area contributed by atoms with E-state index in [0.717, 1.165) is 20.8 Å². The van der Waals surface area contributed by atoms with Gasteiger partial charge in [0, 0.05) is 10.5 Å². The van der Waals surface area contributed by atoms with Gasteiger partial charge in [-0.3, -0.25) is 20.4 Å². The zero-order valence-corrected chi connectivity index (χ0v) is 17.0. The van der Waals surface area contributed by atoms with E-state index in [4.69, 9.17) is 16.3 Å². The third kappa shape index (κ3) is 5.34. The van der Waals surface area contributed by atoms with Crippen LogP contribution in [0.15, 0.2) is 71.2 Å². The molecular weight excluding hydrogens is 444 g/mol. The van der Waals surface area contributed by atoms with E-state index < -0.39 is 11.8 Å². The lowest BCUT2D eigenvalue weighted by Crippen LogP contribution is -2.43. The van der Waals surface area contributed by atoms with Crippen molar-refractivity contribution in [1.29, 1.82) is 0 Å². The Morgan fingerprint density at radius 1 is 1.04 bits per heavy atom. The monoisotopic (exact) mass is 458 g/mol. The number of rotatable bonds is 5. The van der Waals surface area contributed by atoms with Crippen LogP contribution >= 0.6 is 27.5 Å². The van der Waals surface area contributed by atoms with E-state index in [1.807, 2.05) is 42.5 Å². The third-order valence-electron chi connectivity index (χ3n) is 3.82. The minimum Gasteiger partial charge on any atom is -0.482 e. The maximum absolute atomic E-state index is 11.9. The van der Waals surface area contributed by atoms with Crippen molar-refractivity contribution >= 4 is 56.2 Å². The second kappa shape index (κ2) is 9.39. The van der Waals surface area contributed by atoms with Crippen molar-refractivity contribution in [3.63, 3.8) is 0 Å². The first kappa shape index (κ1) is 19.9. The van der Waals surface area contributed by atoms with E-state index in [0.29, 0.717) is 10.8 Å². The lowest BCUT2D eigenvalue weighted by Gasteiger charge is -2.09. The molecule has 0 heterocycles. The molecular formula is C21H16BrClN2O3. The van der Waals surface area contributed by atoms with Gasteiger partial charge in [-0.25, -0.2) is 0 Å². The first-order chi connectivity index (χ1) is 13.5. The van der Waals surface area contributed by atoms with E-state index in [9.17, 15) is 9.59 Å². The van der Waals surface area contributed by atoms with Crippen LogP contribution in [-0.4, -0.2) is 18.4 Å². The number of nitrogens with one attached hydrogen (secondary N) is 2. The first-order valence-electron chi connectivity index (χ1n) is 8.35. The fourth-order valence-corrected chi connectivity index (χ4v) is 3.23. The van der Waals surface area contributed by atoms with Gasteiger partial charge in [-0.15, -0.1) is 0 Å². The van der Waals surface area contributed by atoms with Crippen molar-refractivity contribution in [2.45, 2.75) is 0 Å². The SMILES string of the molecule is O=C(/C=C/c1cccc2ccccc12)NNC(=O)COc1ccc(Br)cc1Cl. The second-order valence-electron chi connectivity index (χ2n) is 5.80. The Morgan fingerprint density at radius 2 is 1.82 bits per heavy atom. The van der Waals surface area contributed by atoms with Crippen LogP contribution in [0.5, 0.6) is 5.75 Å². The van der Waals surface area contributed by atoms with Crippen molar-refractivity contribution in [3.05, 3.63) is 81.8 Å². The molecule has 0 bridgehead atoms. The number of ether oxygens (including phenoxy) is 1. The Kier molecular flexibility index (Phi) is 6.68. The largest absolute Gasteiger partial charge is 0.482 e. The molecule has 0 fully saturated rings. The number of hydrogen-bond donors (Lipinski definition) is 2. The van der Waals surface area contributed by atoms with Gasteiger partial charge in [-0.1, -0.05) is 70.0 Å². The first-order valence-corrected chi connectivity index (χ1v) is 9.52. The van der Waals surface area contributed by atoms with Gasteiger partial charge >= 0.3 is 0 Å². The fourth-order valence-electron chi connectivity index (χ4n) is 2.51. The predicted molar refractivity (Wildman–Crippen MR) is 114 cm³/mol. The quantitative estimate of drug-likeness (QED) is 0.436. The number of amides is 2. The Balaban J connectivity index is 1.51. The van der Waals surface area contributed by atoms with Crippen LogP contribution in [0.2, 0.25) is 5.02 Å². The van der Waals surface area contributed by atoms with Crippen LogP contribution < -0.4 is 15.6 Å². The number of carbonyl (C=O) groups excluding carboxylic acids is 2. The van der Waals surface area contributed by atoms with Gasteiger partial charge in [0.05, 0.1) is 5.02 Å². The van der Waals surface area contributed by atoms with Crippen molar-refractivity contribution in [3.8, 4) is 5.75 Å². The van der Waals surface area contributed by atoms with Crippen LogP contribution in [-0.2, 0) is 9.59 Å². The molecule has 0 aliphatic heterocycles. The number of benzene rings is 3. The van der Waals surface area contributed by atoms with Crippen molar-refractivity contribution in [1.82, 2.24) is 10.9 Å². The van der Waals surface area contributed by atoms with Crippen molar-refractivity contribution < 1.29 is 14.3 Å². The highest BCUT2D eigenvalue weighted by molar-refractivity contribution is 9.10. The summed E-state index contributed by atoms with van der Waals surface area (Å²) < 4.78 is 6.13. The van der Waals surface area contributed by atoms with Crippen molar-refractivity contribution in [2.75, 3.05) is 6.61 Å². The third-order valence-corrected chi connectivity index (χ3v) is 4.60. The van der Waals surface area contributed by atoms with Crippen LogP contribution in [0.4, 0.5) is 0 Å². The second-order valence-corrected chi connectivity index (χ2v) is 7.13. The smallest absolute Gasteiger partial charge is 0.276 e. The summed E-state index contributed by atoms with van der Waals surface area (Å²) in [6.45, 7) is -0.283. The van der Waals surface area contributed by atoms with Crippen LogP contribution in [0, 0.1) is 0 Å². The molecule has 0 atom stereocenters. The molecule has 142 valence electrons. The summed E-state index contributed by atoms with van der Waals surface area (Å²) >= 11 is 9.30. The number of hydrazine groups is 1. The minimum absolute atomic E-state index is 0.283. The molecule has 7 heteroatoms. The maximum atomic E-state index is 11.9. The maximum Gasteiger partial charge on any atom is 0.276 e. The molecule has 0 unspecified atom stereocenters. The molecule has 0 saturated heterocycles. The Bertz CT molecular complexity index is 1050. The van der Waals surface area contributed by atoms with E-state index >= 15 is 0 Å². The Labute approximate surface area is 175 Å². The van der Waals surface area contributed by atoms with E-state index in [-0.39, 0.29) is 6.61 Å². The Hall–Kier alpha value is -2.83. The van der Waals surface area contributed by atoms with Crippen LogP contribution in [0.3, 0.4) is 0 Å². The van der Waals surface area contributed by atoms with Crippen LogP contribution in [0.1, 0.15) is 5.56 Å². The zero-order chi connectivity index (χ0) is 19.9. The van der Waals surface area contributed by atoms with Crippen LogP contribution in [0.25, 0.3) is 16.8 Å². The number of carbonyl (C=O) groups is 2. The molecule has 0 aromatic heterocycles. The van der Waals surface area contributed by atoms with Crippen molar-refractivity contribution in [2.24, 2.45) is 0 Å². The van der Waals surface area contributed by atoms with Gasteiger partial charge in [0.2, 0.25) is 0 Å². The molecule has 3 rings (SSSR count). The minimum atomic E-state index is -0.508. The number of halogens is 2. The van der Waals surface area contributed by atoms with E-state index in [1.165, 1.54) is 6.08 Å². The topological polar surface area (TPSA) is 67.4 Å². The molecule has 2 amide bonds. The summed E-state index contributed by atoms with van der Waals surface area (Å²) in [5.74, 6) is -0.587. The molecule has 0 aliphatic rings. The summed E-state index contributed by atoms with van der Waals surface area (Å²) in [6, 6.07) is 18.8. The molecule has 3 aromatic rings. The summed E-state index contributed by atoms with van der Waals surface area (Å²) in [6.07, 6.45) is 3.05. The van der Waals surface area contributed by atoms with E-state index in [2.05, 4.69) is 26.8 Å². The normalized spacial score (nSPS) is 10.8. The molecule has 28 heavy (non-hydrogen) atoms. The lowest BCUT2D eigenvalue weighted by molar-refractivity contribution is -0.128. The summed E-state index contributed by atoms with van der Waals surface area (Å²) in [4.78, 5) is 23.8. The zero-order valence-electron chi connectivity index (χ0n) is 14.6. The Morgan fingerprint density at radius 3 is 2.64 bits per heavy atom. The predicted octanol–water partition coefficient (Wildman–Crippen LogP) is 4.50. The average Bonchev–Trinajstić information content (AvgIpc) is 2.70. The standard InChI is InChI=1S/C21H16BrClN2O3/c22-16-9-10-19(18(23)12-16)28-13-21(27)25-24-20(26)11-8-15-6-3-5-14-4-1-2-7-17(14)15/h1-12H,13H2,(H,24,26)(H,25,27)/b11-8+. The molecule has 5 nitrogen and oxygen atoms in total.